The lowest BCUT2D eigenvalue weighted by atomic mass is 10.1. The molecule has 0 unspecified atom stereocenters. The minimum absolute atomic E-state index is 0.0101. The van der Waals surface area contributed by atoms with Gasteiger partial charge in [-0.2, -0.15) is 0 Å². The quantitative estimate of drug-likeness (QED) is 0.448. The Morgan fingerprint density at radius 2 is 1.85 bits per heavy atom. The molecule has 2 N–H and O–H groups in total. The summed E-state index contributed by atoms with van der Waals surface area (Å²) in [5, 5.41) is 13.7. The molecule has 1 aliphatic heterocycles. The number of hydrogen-bond donors (Lipinski definition) is 2. The number of likely N-dealkylation sites (tertiary alicyclic amines) is 1. The summed E-state index contributed by atoms with van der Waals surface area (Å²) in [4.78, 5) is 24.1. The van der Waals surface area contributed by atoms with Crippen LogP contribution in [0, 0.1) is 10.1 Å². The first-order valence-electron chi connectivity index (χ1n) is 9.22. The van der Waals surface area contributed by atoms with Crippen molar-refractivity contribution in [2.75, 3.05) is 13.1 Å². The number of benzene rings is 2. The molecule has 0 aromatic heterocycles. The van der Waals surface area contributed by atoms with Crippen molar-refractivity contribution < 1.29 is 14.6 Å². The number of carbonyl (C=O) groups is 1. The zero-order chi connectivity index (χ0) is 19.1. The van der Waals surface area contributed by atoms with Crippen LogP contribution in [0.4, 0.5) is 5.69 Å². The molecule has 27 heavy (non-hydrogen) atoms. The maximum absolute atomic E-state index is 12.1. The normalized spacial score (nSPS) is 14.5. The average Bonchev–Trinajstić information content (AvgIpc) is 3.19. The second-order valence-corrected chi connectivity index (χ2v) is 6.81. The van der Waals surface area contributed by atoms with E-state index in [0.29, 0.717) is 12.1 Å². The molecule has 2 aromatic carbocycles. The molecule has 0 spiro atoms. The Labute approximate surface area is 158 Å². The molecule has 2 aromatic rings. The molecular formula is C21H24N3O3+. The highest BCUT2D eigenvalue weighted by Gasteiger charge is 2.17. The Balaban J connectivity index is 1.57. The van der Waals surface area contributed by atoms with Crippen molar-refractivity contribution in [1.82, 2.24) is 5.32 Å². The van der Waals surface area contributed by atoms with E-state index in [2.05, 4.69) is 17.4 Å². The molecule has 0 radical (unpaired) electrons. The van der Waals surface area contributed by atoms with Crippen LogP contribution in [0.15, 0.2) is 54.6 Å². The number of nitro groups is 1. The van der Waals surface area contributed by atoms with Crippen molar-refractivity contribution in [2.24, 2.45) is 0 Å². The molecule has 1 amide bonds. The van der Waals surface area contributed by atoms with E-state index in [0.717, 1.165) is 12.1 Å². The molecule has 6 nitrogen and oxygen atoms in total. The third-order valence-corrected chi connectivity index (χ3v) is 4.83. The maximum Gasteiger partial charge on any atom is 0.270 e. The summed E-state index contributed by atoms with van der Waals surface area (Å²) in [5.74, 6) is -0.218. The highest BCUT2D eigenvalue weighted by atomic mass is 16.6. The van der Waals surface area contributed by atoms with Crippen LogP contribution in [-0.2, 0) is 17.9 Å². The van der Waals surface area contributed by atoms with Gasteiger partial charge in [0.1, 0.15) is 6.54 Å². The monoisotopic (exact) mass is 366 g/mol. The Morgan fingerprint density at radius 3 is 2.59 bits per heavy atom. The lowest BCUT2D eigenvalue weighted by Crippen LogP contribution is -3.08. The number of amides is 1. The fraction of sp³-hybridized carbons (Fsp3) is 0.286. The summed E-state index contributed by atoms with van der Waals surface area (Å²) in [6.45, 7) is 3.90. The van der Waals surface area contributed by atoms with E-state index in [4.69, 9.17) is 0 Å². The highest BCUT2D eigenvalue weighted by molar-refractivity contribution is 5.91. The van der Waals surface area contributed by atoms with Gasteiger partial charge in [-0.3, -0.25) is 14.9 Å². The molecule has 140 valence electrons. The van der Waals surface area contributed by atoms with Gasteiger partial charge in [0, 0.05) is 43.2 Å². The summed E-state index contributed by atoms with van der Waals surface area (Å²) in [7, 11) is 0. The van der Waals surface area contributed by atoms with Gasteiger partial charge in [-0.25, -0.2) is 0 Å². The molecule has 0 atom stereocenters. The number of carbonyl (C=O) groups excluding carboxylic acids is 1. The minimum Gasteiger partial charge on any atom is -0.348 e. The van der Waals surface area contributed by atoms with Crippen molar-refractivity contribution in [2.45, 2.75) is 25.9 Å². The van der Waals surface area contributed by atoms with Crippen molar-refractivity contribution in [3.05, 3.63) is 81.4 Å². The number of nitro benzene ring substituents is 1. The van der Waals surface area contributed by atoms with E-state index in [-0.39, 0.29) is 11.6 Å². The number of non-ortho nitro benzene ring substituents is 1. The van der Waals surface area contributed by atoms with E-state index in [9.17, 15) is 14.9 Å². The van der Waals surface area contributed by atoms with Crippen LogP contribution in [0.25, 0.3) is 6.08 Å². The average molecular weight is 366 g/mol. The van der Waals surface area contributed by atoms with Gasteiger partial charge in [0.25, 0.3) is 5.69 Å². The standard InChI is InChI=1S/C21H23N3O3/c25-21(11-10-17-6-5-9-20(14-17)24(26)27)22-15-18-7-1-2-8-19(18)16-23-12-3-4-13-23/h1-2,5-11,14H,3-4,12-13,15-16H2,(H,22,25)/p+1/b11-10+. The fourth-order valence-electron chi connectivity index (χ4n) is 3.38. The summed E-state index contributed by atoms with van der Waals surface area (Å²) < 4.78 is 0. The highest BCUT2D eigenvalue weighted by Crippen LogP contribution is 2.14. The summed E-state index contributed by atoms with van der Waals surface area (Å²) >= 11 is 0. The Bertz CT molecular complexity index is 842. The smallest absolute Gasteiger partial charge is 0.270 e. The van der Waals surface area contributed by atoms with Crippen LogP contribution in [-0.4, -0.2) is 23.9 Å². The molecule has 0 aliphatic carbocycles. The second kappa shape index (κ2) is 9.09. The van der Waals surface area contributed by atoms with Gasteiger partial charge in [0.15, 0.2) is 0 Å². The van der Waals surface area contributed by atoms with Crippen molar-refractivity contribution in [3.63, 3.8) is 0 Å². The van der Waals surface area contributed by atoms with Gasteiger partial charge in [-0.1, -0.05) is 36.4 Å². The molecule has 1 heterocycles. The first kappa shape index (κ1) is 18.8. The zero-order valence-electron chi connectivity index (χ0n) is 15.2. The first-order chi connectivity index (χ1) is 13.1. The predicted molar refractivity (Wildman–Crippen MR) is 104 cm³/mol. The third kappa shape index (κ3) is 5.49. The van der Waals surface area contributed by atoms with Crippen LogP contribution >= 0.6 is 0 Å². The van der Waals surface area contributed by atoms with Crippen LogP contribution in [0.3, 0.4) is 0 Å². The molecule has 1 saturated heterocycles. The van der Waals surface area contributed by atoms with Gasteiger partial charge in [-0.05, 0) is 17.2 Å². The largest absolute Gasteiger partial charge is 0.348 e. The van der Waals surface area contributed by atoms with E-state index >= 15 is 0 Å². The molecule has 1 aliphatic rings. The number of nitrogens with one attached hydrogen (secondary N) is 2. The number of quaternary nitrogens is 1. The van der Waals surface area contributed by atoms with Crippen molar-refractivity contribution in [1.29, 1.82) is 0 Å². The summed E-state index contributed by atoms with van der Waals surface area (Å²) in [5.41, 5.74) is 3.04. The number of rotatable bonds is 7. The van der Waals surface area contributed by atoms with Crippen LogP contribution in [0.1, 0.15) is 29.5 Å². The minimum atomic E-state index is -0.448. The van der Waals surface area contributed by atoms with Crippen molar-refractivity contribution in [3.8, 4) is 0 Å². The molecule has 6 heteroatoms. The van der Waals surface area contributed by atoms with E-state index in [1.807, 2.05) is 12.1 Å². The molecular weight excluding hydrogens is 342 g/mol. The van der Waals surface area contributed by atoms with E-state index in [1.54, 1.807) is 23.1 Å². The zero-order valence-corrected chi connectivity index (χ0v) is 15.2. The topological polar surface area (TPSA) is 76.7 Å². The second-order valence-electron chi connectivity index (χ2n) is 6.81. The number of hydrogen-bond acceptors (Lipinski definition) is 3. The van der Waals surface area contributed by atoms with Gasteiger partial charge < -0.3 is 10.2 Å². The Kier molecular flexibility index (Phi) is 6.33. The molecule has 1 fully saturated rings. The van der Waals surface area contributed by atoms with Crippen LogP contribution < -0.4 is 10.2 Å². The van der Waals surface area contributed by atoms with Crippen molar-refractivity contribution >= 4 is 17.7 Å². The Hall–Kier alpha value is -2.99. The third-order valence-electron chi connectivity index (χ3n) is 4.83. The van der Waals surface area contributed by atoms with E-state index in [1.165, 1.54) is 49.7 Å². The summed E-state index contributed by atoms with van der Waals surface area (Å²) in [6, 6.07) is 14.4. The lowest BCUT2D eigenvalue weighted by molar-refractivity contribution is -0.901. The van der Waals surface area contributed by atoms with Crippen LogP contribution in [0.2, 0.25) is 0 Å². The molecule has 0 bridgehead atoms. The first-order valence-corrected chi connectivity index (χ1v) is 9.22. The maximum atomic E-state index is 12.1. The van der Waals surface area contributed by atoms with Crippen LogP contribution in [0.5, 0.6) is 0 Å². The predicted octanol–water partition coefficient (Wildman–Crippen LogP) is 2.10. The molecule has 3 rings (SSSR count). The molecule has 0 saturated carbocycles. The van der Waals surface area contributed by atoms with Gasteiger partial charge in [0.05, 0.1) is 18.0 Å². The van der Waals surface area contributed by atoms with Gasteiger partial charge in [-0.15, -0.1) is 0 Å². The fourth-order valence-corrected chi connectivity index (χ4v) is 3.38. The Morgan fingerprint density at radius 1 is 1.11 bits per heavy atom. The summed E-state index contributed by atoms with van der Waals surface area (Å²) in [6.07, 6.45) is 5.57. The SMILES string of the molecule is O=C(/C=C/c1cccc([N+](=O)[O-])c1)NCc1ccccc1C[NH+]1CCCC1. The van der Waals surface area contributed by atoms with E-state index < -0.39 is 4.92 Å². The number of nitrogens with zero attached hydrogens (tertiary/aromatic N) is 1. The van der Waals surface area contributed by atoms with Gasteiger partial charge >= 0.3 is 0 Å². The van der Waals surface area contributed by atoms with Gasteiger partial charge in [0.2, 0.25) is 5.91 Å². The lowest BCUT2D eigenvalue weighted by Gasteiger charge is -2.15.